The third-order valence-corrected chi connectivity index (χ3v) is 16.8. The van der Waals surface area contributed by atoms with E-state index in [1.54, 1.807) is 0 Å². The van der Waals surface area contributed by atoms with Crippen LogP contribution >= 0.6 is 0 Å². The normalized spacial score (nSPS) is 15.7. The first-order valence-electron chi connectivity index (χ1n) is 23.8. The van der Waals surface area contributed by atoms with Crippen LogP contribution in [0.1, 0.15) is 74.9 Å². The molecular weight excluding hydrogens is 813 g/mol. The van der Waals surface area contributed by atoms with Crippen molar-refractivity contribution in [3.05, 3.63) is 204 Å². The van der Waals surface area contributed by atoms with Crippen LogP contribution in [-0.4, -0.2) is 0 Å². The highest BCUT2D eigenvalue weighted by Crippen LogP contribution is 2.62. The first-order valence-corrected chi connectivity index (χ1v) is 23.8. The zero-order valence-corrected chi connectivity index (χ0v) is 38.5. The van der Waals surface area contributed by atoms with Crippen molar-refractivity contribution in [1.82, 2.24) is 0 Å². The van der Waals surface area contributed by atoms with E-state index in [1.807, 2.05) is 12.5 Å². The van der Waals surface area contributed by atoms with E-state index in [0.717, 1.165) is 22.3 Å². The number of rotatable bonds is 2. The van der Waals surface area contributed by atoms with Crippen molar-refractivity contribution in [2.45, 2.75) is 57.8 Å². The summed E-state index contributed by atoms with van der Waals surface area (Å²) in [5.74, 6) is 0. The Morgan fingerprint density at radius 2 is 0.612 bits per heavy atom. The van der Waals surface area contributed by atoms with Gasteiger partial charge in [0, 0.05) is 38.1 Å². The predicted octanol–water partition coefficient (Wildman–Crippen LogP) is 18.0. The monoisotopic (exact) mass is 858 g/mol. The van der Waals surface area contributed by atoms with Crippen LogP contribution in [-0.2, 0) is 16.2 Å². The lowest BCUT2D eigenvalue weighted by molar-refractivity contribution is 0.617. The van der Waals surface area contributed by atoms with E-state index in [2.05, 4.69) is 199 Å². The van der Waals surface area contributed by atoms with Crippen LogP contribution in [0.4, 0.5) is 0 Å². The van der Waals surface area contributed by atoms with Crippen LogP contribution in [0.15, 0.2) is 179 Å². The Balaban J connectivity index is 0.918. The highest BCUT2D eigenvalue weighted by atomic mass is 16.3. The van der Waals surface area contributed by atoms with Gasteiger partial charge in [-0.05, 0) is 170 Å². The SMILES string of the molecule is CC1(C)c2cc3c(cc2-c2cc4c(cc21)-c1c(cc(-c2coc5ccc6ccccc6c25)c2ccccc12)C4(C)C)C(C)(C)c1cc(-c2coc4ccc5ccccc5c24)c2ccccc2c1-3. The summed E-state index contributed by atoms with van der Waals surface area (Å²) in [6, 6.07) is 59.3. The zero-order valence-electron chi connectivity index (χ0n) is 38.5. The third kappa shape index (κ3) is 4.61. The van der Waals surface area contributed by atoms with Gasteiger partial charge >= 0.3 is 0 Å². The Hall–Kier alpha value is -7.68. The van der Waals surface area contributed by atoms with Gasteiger partial charge in [-0.3, -0.25) is 0 Å². The van der Waals surface area contributed by atoms with Gasteiger partial charge in [-0.15, -0.1) is 0 Å². The maximum Gasteiger partial charge on any atom is 0.135 e. The largest absolute Gasteiger partial charge is 0.464 e. The lowest BCUT2D eigenvalue weighted by Crippen LogP contribution is -2.17. The molecule has 2 heteroatoms. The Morgan fingerprint density at radius 3 is 1.04 bits per heavy atom. The summed E-state index contributed by atoms with van der Waals surface area (Å²) in [4.78, 5) is 0. The molecule has 2 nitrogen and oxygen atoms in total. The maximum absolute atomic E-state index is 6.34. The molecule has 10 aromatic carbocycles. The molecule has 67 heavy (non-hydrogen) atoms. The topological polar surface area (TPSA) is 26.3 Å². The van der Waals surface area contributed by atoms with E-state index in [0.29, 0.717) is 0 Å². The minimum Gasteiger partial charge on any atom is -0.464 e. The molecule has 3 aliphatic rings. The van der Waals surface area contributed by atoms with E-state index in [-0.39, 0.29) is 16.2 Å². The summed E-state index contributed by atoms with van der Waals surface area (Å²) in [7, 11) is 0. The van der Waals surface area contributed by atoms with Crippen molar-refractivity contribution >= 4 is 65.0 Å². The van der Waals surface area contributed by atoms with E-state index in [9.17, 15) is 0 Å². The molecule has 2 aromatic heterocycles. The minimum atomic E-state index is -0.239. The van der Waals surface area contributed by atoms with Crippen molar-refractivity contribution in [2.75, 3.05) is 0 Å². The van der Waals surface area contributed by atoms with Crippen molar-refractivity contribution in [3.63, 3.8) is 0 Å². The fourth-order valence-corrected chi connectivity index (χ4v) is 13.3. The highest BCUT2D eigenvalue weighted by Gasteiger charge is 2.46. The van der Waals surface area contributed by atoms with Crippen LogP contribution in [0.25, 0.3) is 121 Å². The fraction of sp³-hybridized carbons (Fsp3) is 0.138. The van der Waals surface area contributed by atoms with Gasteiger partial charge in [-0.25, -0.2) is 0 Å². The van der Waals surface area contributed by atoms with Crippen molar-refractivity contribution in [1.29, 1.82) is 0 Å². The van der Waals surface area contributed by atoms with Gasteiger partial charge in [0.05, 0.1) is 12.5 Å². The summed E-state index contributed by atoms with van der Waals surface area (Å²) in [5.41, 5.74) is 22.5. The molecule has 0 fully saturated rings. The molecule has 0 aliphatic heterocycles. The molecule has 0 saturated heterocycles. The van der Waals surface area contributed by atoms with Gasteiger partial charge in [-0.2, -0.15) is 0 Å². The molecule has 2 heterocycles. The van der Waals surface area contributed by atoms with Gasteiger partial charge < -0.3 is 8.83 Å². The number of furan rings is 2. The van der Waals surface area contributed by atoms with Crippen molar-refractivity contribution in [3.8, 4) is 55.6 Å². The quantitative estimate of drug-likeness (QED) is 0.173. The average Bonchev–Trinajstić information content (AvgIpc) is 4.13. The lowest BCUT2D eigenvalue weighted by Gasteiger charge is -2.25. The Kier molecular flexibility index (Phi) is 6.94. The van der Waals surface area contributed by atoms with Gasteiger partial charge in [0.25, 0.3) is 0 Å². The fourth-order valence-electron chi connectivity index (χ4n) is 13.3. The highest BCUT2D eigenvalue weighted by molar-refractivity contribution is 6.20. The zero-order chi connectivity index (χ0) is 44.9. The lowest BCUT2D eigenvalue weighted by atomic mass is 9.78. The van der Waals surface area contributed by atoms with E-state index in [1.165, 1.54) is 132 Å². The van der Waals surface area contributed by atoms with Gasteiger partial charge in [0.15, 0.2) is 0 Å². The number of hydrogen-bond acceptors (Lipinski definition) is 2. The van der Waals surface area contributed by atoms with Crippen LogP contribution in [0, 0.1) is 0 Å². The smallest absolute Gasteiger partial charge is 0.135 e. The molecule has 0 atom stereocenters. The third-order valence-electron chi connectivity index (χ3n) is 16.8. The number of benzene rings is 10. The molecule has 0 unspecified atom stereocenters. The molecule has 0 saturated carbocycles. The van der Waals surface area contributed by atoms with E-state index < -0.39 is 0 Å². The molecule has 0 amide bonds. The molecule has 318 valence electrons. The van der Waals surface area contributed by atoms with Gasteiger partial charge in [-0.1, -0.05) is 151 Å². The summed E-state index contributed by atoms with van der Waals surface area (Å²) in [6.45, 7) is 14.6. The summed E-state index contributed by atoms with van der Waals surface area (Å²) < 4.78 is 12.7. The Morgan fingerprint density at radius 1 is 0.284 bits per heavy atom. The second-order valence-corrected chi connectivity index (χ2v) is 21.2. The van der Waals surface area contributed by atoms with Crippen molar-refractivity contribution in [2.24, 2.45) is 0 Å². The predicted molar refractivity (Wildman–Crippen MR) is 280 cm³/mol. The van der Waals surface area contributed by atoms with Gasteiger partial charge in [0.2, 0.25) is 0 Å². The Bertz CT molecular complexity index is 3970. The van der Waals surface area contributed by atoms with E-state index >= 15 is 0 Å². The maximum atomic E-state index is 6.34. The van der Waals surface area contributed by atoms with Crippen LogP contribution in [0.5, 0.6) is 0 Å². The molecule has 0 bridgehead atoms. The molecule has 12 aromatic rings. The second kappa shape index (κ2) is 12.4. The molecule has 3 aliphatic carbocycles. The Labute approximate surface area is 389 Å². The molecule has 15 rings (SSSR count). The molecule has 0 spiro atoms. The van der Waals surface area contributed by atoms with Gasteiger partial charge in [0.1, 0.15) is 11.2 Å². The van der Waals surface area contributed by atoms with Crippen LogP contribution in [0.3, 0.4) is 0 Å². The molecule has 0 radical (unpaired) electrons. The van der Waals surface area contributed by atoms with E-state index in [4.69, 9.17) is 8.83 Å². The summed E-state index contributed by atoms with van der Waals surface area (Å²) in [5, 5.41) is 12.4. The van der Waals surface area contributed by atoms with Crippen LogP contribution < -0.4 is 0 Å². The molecular formula is C65H46O2. The van der Waals surface area contributed by atoms with Crippen LogP contribution in [0.2, 0.25) is 0 Å². The summed E-state index contributed by atoms with van der Waals surface area (Å²) >= 11 is 0. The molecule has 0 N–H and O–H groups in total. The first kappa shape index (κ1) is 37.5. The first-order chi connectivity index (χ1) is 32.5. The number of fused-ring (bicyclic) bond motifs is 19. The summed E-state index contributed by atoms with van der Waals surface area (Å²) in [6.07, 6.45) is 3.97. The second-order valence-electron chi connectivity index (χ2n) is 21.2. The average molecular weight is 859 g/mol. The van der Waals surface area contributed by atoms with Crippen molar-refractivity contribution < 1.29 is 8.83 Å². The minimum absolute atomic E-state index is 0.215. The standard InChI is InChI=1S/C65H46O2/c1-63(2)51-31-47-53(64(3,4)55-27-43(39-19-11-13-21-41(39)59(47)55)49-33-66-57-25-23-35-15-7-9-17-37(35)61(49)57)29-45(51)46-30-54-48(32-52(46)63)60-42-22-14-12-20-40(42)44(28-56(60)65(54,5)6)50-34-67-58-26-24-36-16-8-10-18-38(36)62(50)58/h7-34H,1-6H3. The number of hydrogen-bond donors (Lipinski definition) is 0.